The lowest BCUT2D eigenvalue weighted by atomic mass is 9.81. The van der Waals surface area contributed by atoms with Crippen molar-refractivity contribution in [2.75, 3.05) is 13.1 Å². The molecule has 0 saturated heterocycles. The summed E-state index contributed by atoms with van der Waals surface area (Å²) < 4.78 is 0. The molecule has 20 heavy (non-hydrogen) atoms. The van der Waals surface area contributed by atoms with Crippen LogP contribution < -0.4 is 11.1 Å². The highest BCUT2D eigenvalue weighted by Gasteiger charge is 2.32. The van der Waals surface area contributed by atoms with Crippen LogP contribution >= 0.6 is 12.4 Å². The van der Waals surface area contributed by atoms with Crippen molar-refractivity contribution in [2.24, 2.45) is 11.1 Å². The first-order valence-corrected chi connectivity index (χ1v) is 7.12. The Morgan fingerprint density at radius 1 is 1.25 bits per heavy atom. The van der Waals surface area contributed by atoms with E-state index in [1.165, 1.54) is 11.1 Å². The van der Waals surface area contributed by atoms with E-state index in [-0.39, 0.29) is 18.3 Å². The van der Waals surface area contributed by atoms with Gasteiger partial charge in [-0.05, 0) is 37.3 Å². The summed E-state index contributed by atoms with van der Waals surface area (Å²) in [4.78, 5) is 12.2. The van der Waals surface area contributed by atoms with Crippen LogP contribution in [0.15, 0.2) is 24.3 Å². The van der Waals surface area contributed by atoms with Crippen LogP contribution in [-0.4, -0.2) is 19.0 Å². The van der Waals surface area contributed by atoms with Crippen molar-refractivity contribution < 1.29 is 4.79 Å². The lowest BCUT2D eigenvalue weighted by molar-refractivity contribution is -0.131. The molecule has 4 heteroatoms. The lowest BCUT2D eigenvalue weighted by Gasteiger charge is -2.28. The molecule has 0 fully saturated rings. The predicted octanol–water partition coefficient (Wildman–Crippen LogP) is 2.84. The maximum absolute atomic E-state index is 12.2. The molecule has 114 valence electrons. The number of benzene rings is 1. The first-order chi connectivity index (χ1) is 9.09. The molecule has 1 aromatic carbocycles. The van der Waals surface area contributed by atoms with Crippen molar-refractivity contribution in [3.8, 4) is 0 Å². The third-order valence-electron chi connectivity index (χ3n) is 4.17. The van der Waals surface area contributed by atoms with Gasteiger partial charge in [-0.2, -0.15) is 0 Å². The average Bonchev–Trinajstić information content (AvgIpc) is 2.43. The van der Waals surface area contributed by atoms with Crippen LogP contribution in [-0.2, 0) is 11.2 Å². The van der Waals surface area contributed by atoms with Gasteiger partial charge in [0.15, 0.2) is 0 Å². The van der Waals surface area contributed by atoms with Crippen LogP contribution in [0, 0.1) is 12.3 Å². The van der Waals surface area contributed by atoms with Crippen molar-refractivity contribution in [3.63, 3.8) is 0 Å². The minimum absolute atomic E-state index is 0. The molecule has 1 aromatic rings. The van der Waals surface area contributed by atoms with Crippen LogP contribution in [0.4, 0.5) is 0 Å². The summed E-state index contributed by atoms with van der Waals surface area (Å²) in [5.41, 5.74) is 7.94. The van der Waals surface area contributed by atoms with Gasteiger partial charge >= 0.3 is 0 Å². The zero-order valence-electron chi connectivity index (χ0n) is 12.7. The largest absolute Gasteiger partial charge is 0.355 e. The van der Waals surface area contributed by atoms with E-state index in [2.05, 4.69) is 24.4 Å². The number of carbonyl (C=O) groups is 1. The molecule has 3 N–H and O–H groups in total. The number of nitrogens with one attached hydrogen (secondary N) is 1. The van der Waals surface area contributed by atoms with Gasteiger partial charge in [0.05, 0.1) is 5.41 Å². The summed E-state index contributed by atoms with van der Waals surface area (Å²) >= 11 is 0. The molecule has 0 aliphatic carbocycles. The van der Waals surface area contributed by atoms with E-state index in [0.29, 0.717) is 13.1 Å². The Morgan fingerprint density at radius 3 is 2.35 bits per heavy atom. The minimum atomic E-state index is -0.397. The lowest BCUT2D eigenvalue weighted by Crippen LogP contribution is -2.45. The first kappa shape index (κ1) is 18.9. The topological polar surface area (TPSA) is 55.1 Å². The van der Waals surface area contributed by atoms with Gasteiger partial charge in [-0.15, -0.1) is 12.4 Å². The second-order valence-corrected chi connectivity index (χ2v) is 5.12. The van der Waals surface area contributed by atoms with E-state index in [1.807, 2.05) is 26.0 Å². The quantitative estimate of drug-likeness (QED) is 0.813. The molecule has 0 atom stereocenters. The molecule has 1 amide bonds. The fourth-order valence-electron chi connectivity index (χ4n) is 2.34. The van der Waals surface area contributed by atoms with Gasteiger partial charge in [0.25, 0.3) is 0 Å². The van der Waals surface area contributed by atoms with E-state index in [1.54, 1.807) is 0 Å². The predicted molar refractivity (Wildman–Crippen MR) is 87.2 cm³/mol. The van der Waals surface area contributed by atoms with Crippen LogP contribution in [0.1, 0.15) is 37.8 Å². The zero-order chi connectivity index (χ0) is 14.3. The van der Waals surface area contributed by atoms with Crippen LogP contribution in [0.5, 0.6) is 0 Å². The van der Waals surface area contributed by atoms with Crippen molar-refractivity contribution in [1.82, 2.24) is 5.32 Å². The van der Waals surface area contributed by atoms with E-state index >= 15 is 0 Å². The summed E-state index contributed by atoms with van der Waals surface area (Å²) in [5, 5.41) is 3.03. The van der Waals surface area contributed by atoms with E-state index in [4.69, 9.17) is 5.73 Å². The van der Waals surface area contributed by atoms with E-state index in [9.17, 15) is 4.79 Å². The molecule has 0 aliphatic rings. The second kappa shape index (κ2) is 8.98. The number of hydrogen-bond acceptors (Lipinski definition) is 2. The summed E-state index contributed by atoms with van der Waals surface area (Å²) in [6, 6.07) is 8.27. The molecular weight excluding hydrogens is 272 g/mol. The third-order valence-corrected chi connectivity index (χ3v) is 4.17. The molecule has 1 rings (SSSR count). The number of hydrogen-bond donors (Lipinski definition) is 2. The maximum atomic E-state index is 12.2. The fraction of sp³-hybridized carbons (Fsp3) is 0.562. The van der Waals surface area contributed by atoms with Crippen molar-refractivity contribution in [1.29, 1.82) is 0 Å². The SMILES string of the molecule is CCC(CC)(CN)C(=O)NCCc1ccccc1C.Cl. The van der Waals surface area contributed by atoms with Gasteiger partial charge in [-0.3, -0.25) is 4.79 Å². The monoisotopic (exact) mass is 298 g/mol. The average molecular weight is 299 g/mol. The summed E-state index contributed by atoms with van der Waals surface area (Å²) in [5.74, 6) is 0.0913. The number of aryl methyl sites for hydroxylation is 1. The molecule has 0 saturated carbocycles. The molecular formula is C16H27ClN2O. The number of halogens is 1. The van der Waals surface area contributed by atoms with Gasteiger partial charge in [0.2, 0.25) is 5.91 Å². The Hall–Kier alpha value is -1.06. The van der Waals surface area contributed by atoms with Gasteiger partial charge < -0.3 is 11.1 Å². The Bertz CT molecular complexity index is 408. The van der Waals surface area contributed by atoms with Crippen molar-refractivity contribution in [2.45, 2.75) is 40.0 Å². The van der Waals surface area contributed by atoms with Gasteiger partial charge in [0.1, 0.15) is 0 Å². The molecule has 0 aromatic heterocycles. The number of rotatable bonds is 7. The molecule has 0 heterocycles. The smallest absolute Gasteiger partial charge is 0.227 e. The maximum Gasteiger partial charge on any atom is 0.227 e. The van der Waals surface area contributed by atoms with Crippen molar-refractivity contribution >= 4 is 18.3 Å². The molecule has 0 unspecified atom stereocenters. The number of nitrogens with two attached hydrogens (primary N) is 1. The van der Waals surface area contributed by atoms with E-state index in [0.717, 1.165) is 19.3 Å². The second-order valence-electron chi connectivity index (χ2n) is 5.12. The summed E-state index contributed by atoms with van der Waals surface area (Å²) in [6.45, 7) is 7.23. The van der Waals surface area contributed by atoms with Gasteiger partial charge in [0, 0.05) is 13.1 Å². The van der Waals surface area contributed by atoms with Crippen molar-refractivity contribution in [3.05, 3.63) is 35.4 Å². The van der Waals surface area contributed by atoms with Crippen LogP contribution in [0.3, 0.4) is 0 Å². The molecule has 0 spiro atoms. The molecule has 0 bridgehead atoms. The highest BCUT2D eigenvalue weighted by molar-refractivity contribution is 5.85. The normalized spacial score (nSPS) is 10.8. The Balaban J connectivity index is 0.00000361. The first-order valence-electron chi connectivity index (χ1n) is 7.12. The zero-order valence-corrected chi connectivity index (χ0v) is 13.6. The van der Waals surface area contributed by atoms with Crippen LogP contribution in [0.2, 0.25) is 0 Å². The number of carbonyl (C=O) groups excluding carboxylic acids is 1. The highest BCUT2D eigenvalue weighted by Crippen LogP contribution is 2.24. The highest BCUT2D eigenvalue weighted by atomic mass is 35.5. The van der Waals surface area contributed by atoms with Gasteiger partial charge in [-0.25, -0.2) is 0 Å². The van der Waals surface area contributed by atoms with Crippen LogP contribution in [0.25, 0.3) is 0 Å². The minimum Gasteiger partial charge on any atom is -0.355 e. The molecule has 0 radical (unpaired) electrons. The summed E-state index contributed by atoms with van der Waals surface area (Å²) in [7, 11) is 0. The Kier molecular flexibility index (Phi) is 8.51. The molecule has 3 nitrogen and oxygen atoms in total. The number of amides is 1. The standard InChI is InChI=1S/C16H26N2O.ClH/c1-4-16(5-2,12-17)15(19)18-11-10-14-9-7-6-8-13(14)3;/h6-9H,4-5,10-12,17H2,1-3H3,(H,18,19);1H. The Morgan fingerprint density at radius 2 is 1.85 bits per heavy atom. The molecule has 0 aliphatic heterocycles. The fourth-order valence-corrected chi connectivity index (χ4v) is 2.34. The van der Waals surface area contributed by atoms with E-state index < -0.39 is 5.41 Å². The van der Waals surface area contributed by atoms with Gasteiger partial charge in [-0.1, -0.05) is 38.1 Å². The third kappa shape index (κ3) is 4.50. The Labute approximate surface area is 128 Å². The summed E-state index contributed by atoms with van der Waals surface area (Å²) in [6.07, 6.45) is 2.44.